The lowest BCUT2D eigenvalue weighted by atomic mass is 9.90. The standard InChI is InChI=1S/C22H29N3O5S.C8H11NO3S/c1-12(2)18-10-16(21(23)27)11-19(13(3)4)20(18)24-22(28)25-31(29,30)17-8-6-7-15(9-17)14(5)26;1-6(10)7-3-2-4-8(5-7)13(9,11)12/h6-14,26H,1-5H3,(H2,23,27)(H2,24,25,28);2-6,10H,1H3,(H2,9,11,12). The topological polar surface area (TPSA) is 219 Å². The fourth-order valence-electron chi connectivity index (χ4n) is 4.10. The highest BCUT2D eigenvalue weighted by Gasteiger charge is 2.23. The van der Waals surface area contributed by atoms with Crippen molar-refractivity contribution in [2.45, 2.75) is 75.4 Å². The summed E-state index contributed by atoms with van der Waals surface area (Å²) in [6, 6.07) is 13.9. The van der Waals surface area contributed by atoms with Crippen molar-refractivity contribution >= 4 is 37.7 Å². The predicted octanol–water partition coefficient (Wildman–Crippen LogP) is 3.98. The van der Waals surface area contributed by atoms with Gasteiger partial charge < -0.3 is 21.3 Å². The Bertz CT molecular complexity index is 1690. The van der Waals surface area contributed by atoms with E-state index in [2.05, 4.69) is 5.32 Å². The molecule has 12 nitrogen and oxygen atoms in total. The van der Waals surface area contributed by atoms with E-state index in [1.807, 2.05) is 32.4 Å². The van der Waals surface area contributed by atoms with Crippen LogP contribution in [0.15, 0.2) is 70.5 Å². The second-order valence-electron chi connectivity index (χ2n) is 10.8. The van der Waals surface area contributed by atoms with Crippen molar-refractivity contribution in [1.29, 1.82) is 0 Å². The maximum Gasteiger partial charge on any atom is 0.333 e. The Labute approximate surface area is 258 Å². The number of amides is 3. The lowest BCUT2D eigenvalue weighted by molar-refractivity contribution is 0.1000. The van der Waals surface area contributed by atoms with Crippen molar-refractivity contribution < 1.29 is 36.6 Å². The quantitative estimate of drug-likeness (QED) is 0.199. The Balaban J connectivity index is 0.000000432. The van der Waals surface area contributed by atoms with Gasteiger partial charge in [-0.25, -0.2) is 31.5 Å². The first kappa shape index (κ1) is 36.4. The second-order valence-corrected chi connectivity index (χ2v) is 14.0. The van der Waals surface area contributed by atoms with E-state index in [9.17, 15) is 36.6 Å². The number of hydrogen-bond donors (Lipinski definition) is 6. The molecule has 44 heavy (non-hydrogen) atoms. The van der Waals surface area contributed by atoms with Gasteiger partial charge >= 0.3 is 6.03 Å². The SMILES string of the molecule is CC(C)c1cc(C(N)=O)cc(C(C)C)c1NC(=O)NS(=O)(=O)c1cccc(C(C)O)c1.CC(O)c1cccc(S(N)(=O)=O)c1. The molecule has 0 saturated carbocycles. The average molecular weight is 649 g/mol. The van der Waals surface area contributed by atoms with Crippen LogP contribution in [0.2, 0.25) is 0 Å². The Kier molecular flexibility index (Phi) is 12.2. The number of carbonyl (C=O) groups is 2. The first-order chi connectivity index (χ1) is 20.2. The third-order valence-electron chi connectivity index (χ3n) is 6.51. The number of hydrogen-bond acceptors (Lipinski definition) is 8. The van der Waals surface area contributed by atoms with Gasteiger partial charge in [0.2, 0.25) is 15.9 Å². The molecule has 0 aliphatic heterocycles. The summed E-state index contributed by atoms with van der Waals surface area (Å²) in [6.07, 6.45) is -1.54. The normalized spacial score (nSPS) is 13.1. The zero-order valence-electron chi connectivity index (χ0n) is 25.4. The average Bonchev–Trinajstić information content (AvgIpc) is 2.92. The van der Waals surface area contributed by atoms with Gasteiger partial charge in [-0.3, -0.25) is 4.79 Å². The number of benzene rings is 3. The fraction of sp³-hybridized carbons (Fsp3) is 0.333. The van der Waals surface area contributed by atoms with Crippen LogP contribution >= 0.6 is 0 Å². The molecule has 14 heteroatoms. The Hall–Kier alpha value is -3.82. The molecule has 0 heterocycles. The predicted molar refractivity (Wildman–Crippen MR) is 168 cm³/mol. The van der Waals surface area contributed by atoms with Crippen LogP contribution in [0.1, 0.15) is 98.2 Å². The fourth-order valence-corrected chi connectivity index (χ4v) is 5.63. The molecular weight excluding hydrogens is 608 g/mol. The van der Waals surface area contributed by atoms with Gasteiger partial charge in [0.25, 0.3) is 10.0 Å². The maximum atomic E-state index is 12.7. The first-order valence-corrected chi connectivity index (χ1v) is 16.7. The molecule has 240 valence electrons. The van der Waals surface area contributed by atoms with Crippen molar-refractivity contribution in [3.05, 3.63) is 88.5 Å². The third kappa shape index (κ3) is 9.86. The summed E-state index contributed by atoms with van der Waals surface area (Å²) in [7, 11) is -7.84. The number of nitrogens with one attached hydrogen (secondary N) is 2. The Morgan fingerprint density at radius 2 is 1.16 bits per heavy atom. The number of sulfonamides is 2. The van der Waals surface area contributed by atoms with Crippen LogP contribution in [0.25, 0.3) is 0 Å². The molecule has 0 fully saturated rings. The van der Waals surface area contributed by atoms with Crippen molar-refractivity contribution in [1.82, 2.24) is 4.72 Å². The molecule has 3 aromatic carbocycles. The van der Waals surface area contributed by atoms with Crippen LogP contribution < -0.4 is 20.9 Å². The number of urea groups is 1. The van der Waals surface area contributed by atoms with Crippen molar-refractivity contribution in [2.24, 2.45) is 10.9 Å². The number of aliphatic hydroxyl groups is 2. The highest BCUT2D eigenvalue weighted by atomic mass is 32.2. The van der Waals surface area contributed by atoms with Gasteiger partial charge in [0.1, 0.15) is 0 Å². The van der Waals surface area contributed by atoms with Crippen LogP contribution in [0.5, 0.6) is 0 Å². The maximum absolute atomic E-state index is 12.7. The molecule has 2 unspecified atom stereocenters. The van der Waals surface area contributed by atoms with E-state index in [1.165, 1.54) is 37.3 Å². The smallest absolute Gasteiger partial charge is 0.333 e. The molecule has 2 atom stereocenters. The molecule has 0 saturated heterocycles. The Morgan fingerprint density at radius 3 is 1.55 bits per heavy atom. The number of carbonyl (C=O) groups excluding carboxylic acids is 2. The van der Waals surface area contributed by atoms with Gasteiger partial charge in [-0.2, -0.15) is 0 Å². The van der Waals surface area contributed by atoms with E-state index in [1.54, 1.807) is 37.3 Å². The molecule has 0 spiro atoms. The monoisotopic (exact) mass is 648 g/mol. The third-order valence-corrected chi connectivity index (χ3v) is 8.75. The van der Waals surface area contributed by atoms with E-state index >= 15 is 0 Å². The molecule has 3 aromatic rings. The van der Waals surface area contributed by atoms with Crippen LogP contribution in [0.4, 0.5) is 10.5 Å². The van der Waals surface area contributed by atoms with E-state index in [0.717, 1.165) is 0 Å². The first-order valence-electron chi connectivity index (χ1n) is 13.6. The largest absolute Gasteiger partial charge is 0.389 e. The zero-order chi connectivity index (χ0) is 33.6. The molecule has 3 amide bonds. The van der Waals surface area contributed by atoms with Gasteiger partial charge in [0.05, 0.1) is 22.0 Å². The number of anilines is 1. The van der Waals surface area contributed by atoms with Crippen molar-refractivity contribution in [3.8, 4) is 0 Å². The highest BCUT2D eigenvalue weighted by Crippen LogP contribution is 2.34. The highest BCUT2D eigenvalue weighted by molar-refractivity contribution is 7.90. The van der Waals surface area contributed by atoms with E-state index < -0.39 is 44.2 Å². The summed E-state index contributed by atoms with van der Waals surface area (Å²) in [5.74, 6) is -0.710. The molecule has 0 aliphatic rings. The lowest BCUT2D eigenvalue weighted by Crippen LogP contribution is -2.35. The number of primary amides is 1. The lowest BCUT2D eigenvalue weighted by Gasteiger charge is -2.21. The summed E-state index contributed by atoms with van der Waals surface area (Å²) in [5.41, 5.74) is 8.50. The Morgan fingerprint density at radius 1 is 0.727 bits per heavy atom. The molecule has 0 aromatic heterocycles. The van der Waals surface area contributed by atoms with Gasteiger partial charge in [0.15, 0.2) is 0 Å². The van der Waals surface area contributed by atoms with Crippen molar-refractivity contribution in [2.75, 3.05) is 5.32 Å². The van der Waals surface area contributed by atoms with Crippen LogP contribution in [-0.4, -0.2) is 39.0 Å². The summed E-state index contributed by atoms with van der Waals surface area (Å²) >= 11 is 0. The second kappa shape index (κ2) is 14.8. The van der Waals surface area contributed by atoms with Gasteiger partial charge in [-0.15, -0.1) is 0 Å². The van der Waals surface area contributed by atoms with E-state index in [4.69, 9.17) is 10.9 Å². The number of rotatable bonds is 9. The summed E-state index contributed by atoms with van der Waals surface area (Å²) in [6.45, 7) is 10.7. The summed E-state index contributed by atoms with van der Waals surface area (Å²) in [5, 5.41) is 26.4. The molecule has 8 N–H and O–H groups in total. The molecule has 0 aliphatic carbocycles. The number of aliphatic hydroxyl groups excluding tert-OH is 2. The van der Waals surface area contributed by atoms with Crippen molar-refractivity contribution in [3.63, 3.8) is 0 Å². The van der Waals surface area contributed by atoms with Gasteiger partial charge in [0, 0.05) is 11.3 Å². The number of nitrogens with two attached hydrogens (primary N) is 2. The number of primary sulfonamides is 1. The van der Waals surface area contributed by atoms with E-state index in [0.29, 0.717) is 33.5 Å². The van der Waals surface area contributed by atoms with Gasteiger partial charge in [-0.05, 0) is 84.3 Å². The molecular formula is C30H40N4O8S2. The zero-order valence-corrected chi connectivity index (χ0v) is 27.0. The molecule has 0 radical (unpaired) electrons. The van der Waals surface area contributed by atoms with Crippen LogP contribution in [0.3, 0.4) is 0 Å². The minimum absolute atomic E-state index is 0.0194. The van der Waals surface area contributed by atoms with Crippen LogP contribution in [0, 0.1) is 0 Å². The van der Waals surface area contributed by atoms with E-state index in [-0.39, 0.29) is 21.6 Å². The van der Waals surface area contributed by atoms with Crippen LogP contribution in [-0.2, 0) is 20.0 Å². The molecule has 0 bridgehead atoms. The van der Waals surface area contributed by atoms with Gasteiger partial charge in [-0.1, -0.05) is 52.0 Å². The summed E-state index contributed by atoms with van der Waals surface area (Å²) < 4.78 is 49.2. The minimum Gasteiger partial charge on any atom is -0.389 e. The minimum atomic E-state index is -4.17. The summed E-state index contributed by atoms with van der Waals surface area (Å²) in [4.78, 5) is 24.3. The molecule has 3 rings (SSSR count).